The van der Waals surface area contributed by atoms with E-state index in [1.807, 2.05) is 18.2 Å². The van der Waals surface area contributed by atoms with Crippen LogP contribution >= 0.6 is 12.4 Å². The maximum absolute atomic E-state index is 11.6. The summed E-state index contributed by atoms with van der Waals surface area (Å²) >= 11 is 0. The molecular weight excluding hydrogens is 276 g/mol. The molecule has 1 amide bonds. The zero-order valence-electron chi connectivity index (χ0n) is 12.2. The van der Waals surface area contributed by atoms with Crippen molar-refractivity contribution >= 4 is 18.3 Å². The number of rotatable bonds is 8. The number of para-hydroxylation sites is 1. The predicted octanol–water partition coefficient (Wildman–Crippen LogP) is 2.47. The first-order chi connectivity index (χ1) is 9.19. The lowest BCUT2D eigenvalue weighted by Crippen LogP contribution is -2.30. The minimum atomic E-state index is -0.104. The summed E-state index contributed by atoms with van der Waals surface area (Å²) in [7, 11) is 0. The number of carbonyl (C=O) groups excluding carboxylic acids is 1. The minimum absolute atomic E-state index is 0. The van der Waals surface area contributed by atoms with E-state index in [4.69, 9.17) is 10.5 Å². The Hall–Kier alpha value is -1.26. The number of ether oxygens (including phenoxy) is 1. The van der Waals surface area contributed by atoms with E-state index in [1.165, 1.54) is 0 Å². The molecule has 1 aromatic carbocycles. The van der Waals surface area contributed by atoms with Gasteiger partial charge in [-0.15, -0.1) is 12.4 Å². The summed E-state index contributed by atoms with van der Waals surface area (Å²) in [5.74, 6) is 1.12. The number of benzene rings is 1. The van der Waals surface area contributed by atoms with E-state index < -0.39 is 0 Å². The van der Waals surface area contributed by atoms with Crippen LogP contribution in [0.25, 0.3) is 0 Å². The van der Waals surface area contributed by atoms with Gasteiger partial charge in [-0.3, -0.25) is 4.79 Å². The van der Waals surface area contributed by atoms with Gasteiger partial charge in [0.25, 0.3) is 5.91 Å². The third kappa shape index (κ3) is 6.26. The summed E-state index contributed by atoms with van der Waals surface area (Å²) in [6.07, 6.45) is 1.83. The van der Waals surface area contributed by atoms with Crippen LogP contribution < -0.4 is 15.8 Å². The van der Waals surface area contributed by atoms with Gasteiger partial charge in [-0.2, -0.15) is 0 Å². The van der Waals surface area contributed by atoms with Crippen molar-refractivity contribution in [3.05, 3.63) is 29.8 Å². The number of carbonyl (C=O) groups is 1. The lowest BCUT2D eigenvalue weighted by Gasteiger charge is -2.15. The second-order valence-corrected chi connectivity index (χ2v) is 4.63. The molecule has 1 atom stereocenters. The van der Waals surface area contributed by atoms with Gasteiger partial charge in [0.15, 0.2) is 6.61 Å². The van der Waals surface area contributed by atoms with Crippen LogP contribution in [0.5, 0.6) is 5.75 Å². The molecule has 0 aliphatic heterocycles. The second-order valence-electron chi connectivity index (χ2n) is 4.63. The van der Waals surface area contributed by atoms with Gasteiger partial charge < -0.3 is 15.8 Å². The highest BCUT2D eigenvalue weighted by molar-refractivity contribution is 5.85. The highest BCUT2D eigenvalue weighted by atomic mass is 35.5. The molecule has 5 heteroatoms. The Morgan fingerprint density at radius 1 is 1.40 bits per heavy atom. The monoisotopic (exact) mass is 300 g/mol. The molecule has 0 aromatic heterocycles. The fourth-order valence-electron chi connectivity index (χ4n) is 1.76. The van der Waals surface area contributed by atoms with Crippen LogP contribution in [-0.4, -0.2) is 25.6 Å². The van der Waals surface area contributed by atoms with E-state index in [9.17, 15) is 4.79 Å². The van der Waals surface area contributed by atoms with Crippen LogP contribution in [-0.2, 0) is 4.79 Å². The molecule has 0 saturated heterocycles. The van der Waals surface area contributed by atoms with Gasteiger partial charge in [-0.25, -0.2) is 0 Å². The van der Waals surface area contributed by atoms with Crippen molar-refractivity contribution in [1.29, 1.82) is 0 Å². The number of hydrogen-bond acceptors (Lipinski definition) is 3. The van der Waals surface area contributed by atoms with E-state index in [0.29, 0.717) is 19.0 Å². The molecule has 0 aliphatic carbocycles. The molecule has 114 valence electrons. The second kappa shape index (κ2) is 10.5. The topological polar surface area (TPSA) is 64.3 Å². The molecule has 0 radical (unpaired) electrons. The normalized spacial score (nSPS) is 11.3. The molecular formula is C15H25ClN2O2. The standard InChI is InChI=1S/C15H24N2O2.ClH/c1-3-12(2)13-7-4-5-8-14(13)19-11-15(18)17-10-6-9-16;/h4-5,7-8,12H,3,6,9-11,16H2,1-2H3,(H,17,18);1H. The molecule has 1 rings (SSSR count). The highest BCUT2D eigenvalue weighted by Gasteiger charge is 2.10. The molecule has 4 nitrogen and oxygen atoms in total. The molecule has 1 unspecified atom stereocenters. The lowest BCUT2D eigenvalue weighted by molar-refractivity contribution is -0.123. The predicted molar refractivity (Wildman–Crippen MR) is 84.6 cm³/mol. The summed E-state index contributed by atoms with van der Waals surface area (Å²) in [5, 5.41) is 2.77. The molecule has 0 heterocycles. The number of hydrogen-bond donors (Lipinski definition) is 2. The van der Waals surface area contributed by atoms with Crippen LogP contribution in [0.4, 0.5) is 0 Å². The molecule has 0 fully saturated rings. The number of nitrogens with two attached hydrogens (primary N) is 1. The molecule has 3 N–H and O–H groups in total. The van der Waals surface area contributed by atoms with E-state index in [1.54, 1.807) is 0 Å². The van der Waals surface area contributed by atoms with Crippen molar-refractivity contribution in [1.82, 2.24) is 5.32 Å². The van der Waals surface area contributed by atoms with Gasteiger partial charge in [0.2, 0.25) is 0 Å². The van der Waals surface area contributed by atoms with Gasteiger partial charge in [-0.05, 0) is 36.9 Å². The Morgan fingerprint density at radius 3 is 2.75 bits per heavy atom. The maximum Gasteiger partial charge on any atom is 0.257 e. The minimum Gasteiger partial charge on any atom is -0.483 e. The first-order valence-electron chi connectivity index (χ1n) is 6.87. The third-order valence-electron chi connectivity index (χ3n) is 3.12. The van der Waals surface area contributed by atoms with Crippen LogP contribution in [0.2, 0.25) is 0 Å². The first kappa shape index (κ1) is 18.7. The number of nitrogens with one attached hydrogen (secondary N) is 1. The summed E-state index contributed by atoms with van der Waals surface area (Å²) in [6.45, 7) is 5.53. The van der Waals surface area contributed by atoms with E-state index in [0.717, 1.165) is 24.2 Å². The van der Waals surface area contributed by atoms with Crippen molar-refractivity contribution in [2.45, 2.75) is 32.6 Å². The van der Waals surface area contributed by atoms with E-state index in [2.05, 4.69) is 25.2 Å². The van der Waals surface area contributed by atoms with Crippen molar-refractivity contribution in [3.63, 3.8) is 0 Å². The average molecular weight is 301 g/mol. The Bertz CT molecular complexity index is 399. The highest BCUT2D eigenvalue weighted by Crippen LogP contribution is 2.28. The zero-order valence-corrected chi connectivity index (χ0v) is 13.0. The fraction of sp³-hybridized carbons (Fsp3) is 0.533. The first-order valence-corrected chi connectivity index (χ1v) is 6.87. The average Bonchev–Trinajstić information content (AvgIpc) is 2.45. The van der Waals surface area contributed by atoms with Crippen LogP contribution in [0, 0.1) is 0 Å². The smallest absolute Gasteiger partial charge is 0.257 e. The SMILES string of the molecule is CCC(C)c1ccccc1OCC(=O)NCCCN.Cl. The largest absolute Gasteiger partial charge is 0.483 e. The van der Waals surface area contributed by atoms with Gasteiger partial charge in [0.05, 0.1) is 0 Å². The lowest BCUT2D eigenvalue weighted by atomic mass is 9.98. The summed E-state index contributed by atoms with van der Waals surface area (Å²) in [4.78, 5) is 11.6. The quantitative estimate of drug-likeness (QED) is 0.725. The van der Waals surface area contributed by atoms with Crippen molar-refractivity contribution in [2.24, 2.45) is 5.73 Å². The summed E-state index contributed by atoms with van der Waals surface area (Å²) in [5.41, 5.74) is 6.52. The molecule has 20 heavy (non-hydrogen) atoms. The molecule has 1 aromatic rings. The molecule has 0 spiro atoms. The van der Waals surface area contributed by atoms with Crippen molar-refractivity contribution in [3.8, 4) is 5.75 Å². The van der Waals surface area contributed by atoms with Gasteiger partial charge in [0.1, 0.15) is 5.75 Å². The third-order valence-corrected chi connectivity index (χ3v) is 3.12. The van der Waals surface area contributed by atoms with Crippen LogP contribution in [0.1, 0.15) is 38.2 Å². The van der Waals surface area contributed by atoms with Gasteiger partial charge in [-0.1, -0.05) is 32.0 Å². The Balaban J connectivity index is 0.00000361. The number of halogens is 1. The summed E-state index contributed by atoms with van der Waals surface area (Å²) in [6, 6.07) is 7.88. The molecule has 0 saturated carbocycles. The van der Waals surface area contributed by atoms with Crippen molar-refractivity contribution in [2.75, 3.05) is 19.7 Å². The van der Waals surface area contributed by atoms with E-state index in [-0.39, 0.29) is 24.9 Å². The Kier molecular flexibility index (Phi) is 9.86. The van der Waals surface area contributed by atoms with Gasteiger partial charge in [0, 0.05) is 6.54 Å². The zero-order chi connectivity index (χ0) is 14.1. The fourth-order valence-corrected chi connectivity index (χ4v) is 1.76. The Morgan fingerprint density at radius 2 is 2.10 bits per heavy atom. The van der Waals surface area contributed by atoms with Crippen LogP contribution in [0.3, 0.4) is 0 Å². The summed E-state index contributed by atoms with van der Waals surface area (Å²) < 4.78 is 5.61. The number of amides is 1. The van der Waals surface area contributed by atoms with Crippen molar-refractivity contribution < 1.29 is 9.53 Å². The van der Waals surface area contributed by atoms with E-state index >= 15 is 0 Å². The maximum atomic E-state index is 11.6. The van der Waals surface area contributed by atoms with Gasteiger partial charge >= 0.3 is 0 Å². The molecule has 0 bridgehead atoms. The molecule has 0 aliphatic rings. The Labute approximate surface area is 127 Å². The van der Waals surface area contributed by atoms with Crippen LogP contribution in [0.15, 0.2) is 24.3 Å².